The number of hydrogen-bond donors (Lipinski definition) is 1. The van der Waals surface area contributed by atoms with Crippen molar-refractivity contribution < 1.29 is 14.0 Å². The molecule has 1 aliphatic rings. The minimum atomic E-state index is -0.331. The van der Waals surface area contributed by atoms with Crippen LogP contribution in [-0.2, 0) is 16.1 Å². The van der Waals surface area contributed by atoms with Gasteiger partial charge >= 0.3 is 0 Å². The second kappa shape index (κ2) is 10.3. The molecule has 1 saturated heterocycles. The van der Waals surface area contributed by atoms with Crippen LogP contribution in [0.3, 0.4) is 0 Å². The van der Waals surface area contributed by atoms with Crippen LogP contribution >= 0.6 is 0 Å². The molecular weight excluding hydrogens is 383 g/mol. The number of anilines is 1. The summed E-state index contributed by atoms with van der Waals surface area (Å²) in [6, 6.07) is 15.5. The summed E-state index contributed by atoms with van der Waals surface area (Å²) in [6.07, 6.45) is 0. The number of nitrogens with zero attached hydrogens (tertiary/aromatic N) is 3. The lowest BCUT2D eigenvalue weighted by Crippen LogP contribution is -2.54. The molecule has 7 heteroatoms. The lowest BCUT2D eigenvalue weighted by Gasteiger charge is -2.38. The molecule has 6 nitrogen and oxygen atoms in total. The molecule has 0 bridgehead atoms. The third-order valence-electron chi connectivity index (χ3n) is 5.45. The number of amides is 2. The van der Waals surface area contributed by atoms with Gasteiger partial charge in [-0.1, -0.05) is 30.3 Å². The predicted molar refractivity (Wildman–Crippen MR) is 115 cm³/mol. The van der Waals surface area contributed by atoms with Crippen LogP contribution in [0.4, 0.5) is 10.1 Å². The van der Waals surface area contributed by atoms with Crippen LogP contribution in [0.25, 0.3) is 0 Å². The molecule has 3 rings (SSSR count). The Morgan fingerprint density at radius 1 is 1.03 bits per heavy atom. The normalized spacial score (nSPS) is 16.1. The number of halogens is 1. The number of rotatable bonds is 7. The topological polar surface area (TPSA) is 55.9 Å². The van der Waals surface area contributed by atoms with Gasteiger partial charge in [-0.05, 0) is 36.8 Å². The number of likely N-dealkylation sites (N-methyl/N-ethyl adjacent to an activating group) is 1. The van der Waals surface area contributed by atoms with Crippen molar-refractivity contribution in [2.45, 2.75) is 19.5 Å². The zero-order valence-corrected chi connectivity index (χ0v) is 17.6. The first-order valence-electron chi connectivity index (χ1n) is 10.2. The van der Waals surface area contributed by atoms with E-state index in [-0.39, 0.29) is 30.2 Å². The van der Waals surface area contributed by atoms with Crippen LogP contribution in [0.1, 0.15) is 12.5 Å². The molecule has 0 saturated carbocycles. The summed E-state index contributed by atoms with van der Waals surface area (Å²) < 4.78 is 13.0. The molecule has 0 aliphatic carbocycles. The largest absolute Gasteiger partial charge is 0.340 e. The quantitative estimate of drug-likeness (QED) is 0.759. The first-order valence-corrected chi connectivity index (χ1v) is 10.2. The van der Waals surface area contributed by atoms with Gasteiger partial charge in [0.2, 0.25) is 11.8 Å². The van der Waals surface area contributed by atoms with Crippen LogP contribution in [0.15, 0.2) is 54.6 Å². The molecule has 1 N–H and O–H groups in total. The minimum Gasteiger partial charge on any atom is -0.340 e. The van der Waals surface area contributed by atoms with E-state index in [0.717, 1.165) is 31.7 Å². The molecule has 1 aliphatic heterocycles. The fourth-order valence-corrected chi connectivity index (χ4v) is 3.66. The van der Waals surface area contributed by atoms with E-state index in [0.29, 0.717) is 12.2 Å². The predicted octanol–water partition coefficient (Wildman–Crippen LogP) is 2.43. The first-order chi connectivity index (χ1) is 14.4. The van der Waals surface area contributed by atoms with Gasteiger partial charge in [-0.15, -0.1) is 0 Å². The lowest BCUT2D eigenvalue weighted by atomic mass is 10.1. The minimum absolute atomic E-state index is 0.0985. The molecule has 2 aromatic carbocycles. The van der Waals surface area contributed by atoms with Crippen molar-refractivity contribution in [3.8, 4) is 0 Å². The summed E-state index contributed by atoms with van der Waals surface area (Å²) in [5.74, 6) is -0.356. The van der Waals surface area contributed by atoms with Gasteiger partial charge in [0.05, 0.1) is 12.6 Å². The number of piperazine rings is 1. The highest BCUT2D eigenvalue weighted by molar-refractivity contribution is 5.92. The molecular formula is C23H29FN4O2. The van der Waals surface area contributed by atoms with E-state index >= 15 is 0 Å². The highest BCUT2D eigenvalue weighted by Gasteiger charge is 2.28. The van der Waals surface area contributed by atoms with Crippen LogP contribution in [-0.4, -0.2) is 72.3 Å². The molecule has 2 aromatic rings. The van der Waals surface area contributed by atoms with Crippen molar-refractivity contribution in [3.05, 3.63) is 66.0 Å². The Hall–Kier alpha value is -2.77. The Kier molecular flexibility index (Phi) is 7.54. The zero-order valence-electron chi connectivity index (χ0n) is 17.6. The van der Waals surface area contributed by atoms with Crippen LogP contribution in [0.5, 0.6) is 0 Å². The van der Waals surface area contributed by atoms with E-state index in [1.54, 1.807) is 17.0 Å². The molecule has 1 fully saturated rings. The van der Waals surface area contributed by atoms with Gasteiger partial charge in [0.15, 0.2) is 0 Å². The smallest absolute Gasteiger partial charge is 0.239 e. The second-order valence-corrected chi connectivity index (χ2v) is 7.72. The molecule has 0 unspecified atom stereocenters. The molecule has 160 valence electrons. The van der Waals surface area contributed by atoms with Crippen LogP contribution in [0, 0.1) is 5.82 Å². The average molecular weight is 413 g/mol. The molecule has 0 radical (unpaired) electrons. The SMILES string of the molecule is C[C@H](C(=O)N(C)Cc1ccccc1)N1CCN(CC(=O)Nc2ccc(F)cc2)CC1. The fraction of sp³-hybridized carbons (Fsp3) is 0.391. The molecule has 1 heterocycles. The number of carbonyl (C=O) groups excluding carboxylic acids is 2. The maximum absolute atomic E-state index is 13.0. The van der Waals surface area contributed by atoms with Crippen molar-refractivity contribution in [1.82, 2.24) is 14.7 Å². The van der Waals surface area contributed by atoms with E-state index in [1.165, 1.54) is 12.1 Å². The highest BCUT2D eigenvalue weighted by atomic mass is 19.1. The average Bonchev–Trinajstić information content (AvgIpc) is 2.75. The van der Waals surface area contributed by atoms with E-state index in [9.17, 15) is 14.0 Å². The zero-order chi connectivity index (χ0) is 21.5. The molecule has 0 spiro atoms. The van der Waals surface area contributed by atoms with E-state index < -0.39 is 0 Å². The van der Waals surface area contributed by atoms with E-state index in [2.05, 4.69) is 15.1 Å². The number of nitrogens with one attached hydrogen (secondary N) is 1. The van der Waals surface area contributed by atoms with Gasteiger partial charge in [0.1, 0.15) is 5.82 Å². The number of hydrogen-bond acceptors (Lipinski definition) is 4. The van der Waals surface area contributed by atoms with Gasteiger partial charge in [-0.2, -0.15) is 0 Å². The van der Waals surface area contributed by atoms with Gasteiger partial charge < -0.3 is 10.2 Å². The van der Waals surface area contributed by atoms with Gasteiger partial charge in [0.25, 0.3) is 0 Å². The first kappa shape index (κ1) is 21.9. The van der Waals surface area contributed by atoms with Crippen molar-refractivity contribution in [3.63, 3.8) is 0 Å². The Labute approximate surface area is 177 Å². The summed E-state index contributed by atoms with van der Waals surface area (Å²) in [5, 5.41) is 2.79. The standard InChI is InChI=1S/C23H29FN4O2/c1-18(23(30)26(2)16-19-6-4-3-5-7-19)28-14-12-27(13-15-28)17-22(29)25-21-10-8-20(24)9-11-21/h3-11,18H,12-17H2,1-2H3,(H,25,29)/t18-/m1/s1. The third kappa shape index (κ3) is 6.11. The van der Waals surface area contributed by atoms with E-state index in [4.69, 9.17) is 0 Å². The summed E-state index contributed by atoms with van der Waals surface area (Å²) in [5.41, 5.74) is 1.69. The number of benzene rings is 2. The fourth-order valence-electron chi connectivity index (χ4n) is 3.66. The molecule has 1 atom stereocenters. The Morgan fingerprint density at radius 3 is 2.30 bits per heavy atom. The monoisotopic (exact) mass is 412 g/mol. The van der Waals surface area contributed by atoms with Crippen molar-refractivity contribution in [2.75, 3.05) is 45.1 Å². The lowest BCUT2D eigenvalue weighted by molar-refractivity contribution is -0.136. The second-order valence-electron chi connectivity index (χ2n) is 7.72. The van der Waals surface area contributed by atoms with Crippen molar-refractivity contribution in [1.29, 1.82) is 0 Å². The maximum atomic E-state index is 13.0. The highest BCUT2D eigenvalue weighted by Crippen LogP contribution is 2.12. The van der Waals surface area contributed by atoms with Crippen LogP contribution < -0.4 is 5.32 Å². The summed E-state index contributed by atoms with van der Waals surface area (Å²) in [6.45, 7) is 5.72. The molecule has 2 amide bonds. The van der Waals surface area contributed by atoms with Gasteiger partial charge in [-0.3, -0.25) is 19.4 Å². The molecule has 30 heavy (non-hydrogen) atoms. The third-order valence-corrected chi connectivity index (χ3v) is 5.45. The van der Waals surface area contributed by atoms with Gasteiger partial charge in [0, 0.05) is 45.5 Å². The maximum Gasteiger partial charge on any atom is 0.239 e. The Bertz CT molecular complexity index is 836. The van der Waals surface area contributed by atoms with Crippen LogP contribution in [0.2, 0.25) is 0 Å². The van der Waals surface area contributed by atoms with Gasteiger partial charge in [-0.25, -0.2) is 4.39 Å². The van der Waals surface area contributed by atoms with Crippen molar-refractivity contribution in [2.24, 2.45) is 0 Å². The summed E-state index contributed by atoms with van der Waals surface area (Å²) >= 11 is 0. The number of carbonyl (C=O) groups is 2. The summed E-state index contributed by atoms with van der Waals surface area (Å²) in [7, 11) is 1.84. The molecule has 0 aromatic heterocycles. The Balaban J connectivity index is 1.43. The Morgan fingerprint density at radius 2 is 1.67 bits per heavy atom. The summed E-state index contributed by atoms with van der Waals surface area (Å²) in [4.78, 5) is 31.0. The van der Waals surface area contributed by atoms with E-state index in [1.807, 2.05) is 44.3 Å². The van der Waals surface area contributed by atoms with Crippen molar-refractivity contribution >= 4 is 17.5 Å².